The zero-order chi connectivity index (χ0) is 15.4. The number of benzene rings is 1. The van der Waals surface area contributed by atoms with Gasteiger partial charge in [-0.25, -0.2) is 0 Å². The van der Waals surface area contributed by atoms with Crippen molar-refractivity contribution in [3.8, 4) is 0 Å². The summed E-state index contributed by atoms with van der Waals surface area (Å²) in [5, 5.41) is 0. The Bertz CT molecular complexity index is 410. The van der Waals surface area contributed by atoms with Crippen molar-refractivity contribution in [2.24, 2.45) is 17.8 Å². The van der Waals surface area contributed by atoms with E-state index in [0.717, 1.165) is 11.8 Å². The van der Waals surface area contributed by atoms with Gasteiger partial charge in [0.15, 0.2) is 0 Å². The molecule has 1 heterocycles. The third-order valence-corrected chi connectivity index (χ3v) is 5.20. The first-order chi connectivity index (χ1) is 9.97. The van der Waals surface area contributed by atoms with Crippen LogP contribution in [0.5, 0.6) is 0 Å². The van der Waals surface area contributed by atoms with Crippen LogP contribution in [0, 0.1) is 17.8 Å². The predicted octanol–water partition coefficient (Wildman–Crippen LogP) is 5.71. The maximum Gasteiger partial charge on any atom is 0.0366 e. The fourth-order valence-corrected chi connectivity index (χ4v) is 3.47. The maximum atomic E-state index is 2.57. The molecule has 1 fully saturated rings. The van der Waals surface area contributed by atoms with Gasteiger partial charge >= 0.3 is 0 Å². The highest BCUT2D eigenvalue weighted by atomic mass is 15.1. The zero-order valence-corrected chi connectivity index (χ0v) is 14.6. The van der Waals surface area contributed by atoms with Crippen molar-refractivity contribution in [3.05, 3.63) is 29.8 Å². The van der Waals surface area contributed by atoms with Crippen LogP contribution in [0.25, 0.3) is 0 Å². The number of anilines is 1. The van der Waals surface area contributed by atoms with Crippen LogP contribution in [0.15, 0.2) is 24.3 Å². The molecule has 1 unspecified atom stereocenters. The first kappa shape index (κ1) is 16.4. The van der Waals surface area contributed by atoms with Crippen molar-refractivity contribution >= 4 is 5.69 Å². The van der Waals surface area contributed by atoms with Crippen molar-refractivity contribution < 1.29 is 0 Å². The summed E-state index contributed by atoms with van der Waals surface area (Å²) < 4.78 is 0. The van der Waals surface area contributed by atoms with E-state index in [9.17, 15) is 0 Å². The molecule has 1 nitrogen and oxygen atoms in total. The van der Waals surface area contributed by atoms with Crippen LogP contribution in [0.4, 0.5) is 5.69 Å². The van der Waals surface area contributed by atoms with Crippen LogP contribution in [0.2, 0.25) is 0 Å². The number of hydrogen-bond acceptors (Lipinski definition) is 1. The summed E-state index contributed by atoms with van der Waals surface area (Å²) in [5.74, 6) is 3.15. The summed E-state index contributed by atoms with van der Waals surface area (Å²) in [6, 6.07) is 9.33. The highest BCUT2D eigenvalue weighted by Gasteiger charge is 2.20. The van der Waals surface area contributed by atoms with Gasteiger partial charge < -0.3 is 4.90 Å². The van der Waals surface area contributed by atoms with Gasteiger partial charge in [0.1, 0.15) is 0 Å². The van der Waals surface area contributed by atoms with Crippen LogP contribution in [0.1, 0.15) is 65.4 Å². The number of rotatable bonds is 5. The van der Waals surface area contributed by atoms with Crippen molar-refractivity contribution in [2.45, 2.75) is 59.8 Å². The smallest absolute Gasteiger partial charge is 0.0366 e. The van der Waals surface area contributed by atoms with Crippen molar-refractivity contribution in [2.75, 3.05) is 18.0 Å². The third-order valence-electron chi connectivity index (χ3n) is 5.20. The molecule has 1 aliphatic rings. The van der Waals surface area contributed by atoms with Crippen molar-refractivity contribution in [1.29, 1.82) is 0 Å². The van der Waals surface area contributed by atoms with Gasteiger partial charge in [-0.15, -0.1) is 0 Å². The fraction of sp³-hybridized carbons (Fsp3) is 0.700. The molecule has 1 aromatic carbocycles. The first-order valence-electron chi connectivity index (χ1n) is 8.82. The second-order valence-electron chi connectivity index (χ2n) is 7.68. The fourth-order valence-electron chi connectivity index (χ4n) is 3.47. The zero-order valence-electron chi connectivity index (χ0n) is 14.6. The van der Waals surface area contributed by atoms with Gasteiger partial charge in [-0.05, 0) is 60.6 Å². The lowest BCUT2D eigenvalue weighted by Crippen LogP contribution is -2.34. The van der Waals surface area contributed by atoms with Gasteiger partial charge in [0.25, 0.3) is 0 Å². The van der Waals surface area contributed by atoms with E-state index in [4.69, 9.17) is 0 Å². The van der Waals surface area contributed by atoms with Gasteiger partial charge in [0.05, 0.1) is 0 Å². The number of hydrogen-bond donors (Lipinski definition) is 0. The molecule has 0 aromatic heterocycles. The van der Waals surface area contributed by atoms with E-state index >= 15 is 0 Å². The van der Waals surface area contributed by atoms with E-state index in [-0.39, 0.29) is 0 Å². The Kier molecular flexibility index (Phi) is 5.72. The molecule has 1 atom stereocenters. The highest BCUT2D eigenvalue weighted by Crippen LogP contribution is 2.29. The molecule has 0 amide bonds. The van der Waals surface area contributed by atoms with Crippen LogP contribution < -0.4 is 4.90 Å². The molecule has 0 aliphatic carbocycles. The molecule has 1 saturated heterocycles. The molecule has 21 heavy (non-hydrogen) atoms. The standard InChI is InChI=1S/C20H33N/c1-15(2)14-18-10-12-21(13-11-18)20-8-6-19(7-9-20)17(5)16(3)4/h6-9,15-18H,10-14H2,1-5H3. The Morgan fingerprint density at radius 3 is 2.00 bits per heavy atom. The maximum absolute atomic E-state index is 2.57. The van der Waals surface area contributed by atoms with Crippen LogP contribution in [-0.4, -0.2) is 13.1 Å². The quantitative estimate of drug-likeness (QED) is 0.670. The Balaban J connectivity index is 1.92. The Hall–Kier alpha value is -0.980. The third kappa shape index (κ3) is 4.49. The molecule has 118 valence electrons. The lowest BCUT2D eigenvalue weighted by molar-refractivity contribution is 0.338. The number of piperidine rings is 1. The normalized spacial score (nSPS) is 18.5. The van der Waals surface area contributed by atoms with Gasteiger partial charge in [-0.3, -0.25) is 0 Å². The Morgan fingerprint density at radius 2 is 1.52 bits per heavy atom. The van der Waals surface area contributed by atoms with Gasteiger partial charge in [-0.2, -0.15) is 0 Å². The number of nitrogens with zero attached hydrogens (tertiary/aromatic N) is 1. The molecule has 2 rings (SSSR count). The van der Waals surface area contributed by atoms with Crippen molar-refractivity contribution in [1.82, 2.24) is 0 Å². The molecule has 0 spiro atoms. The molecule has 0 bridgehead atoms. The second kappa shape index (κ2) is 7.33. The van der Waals surface area contributed by atoms with Crippen LogP contribution in [-0.2, 0) is 0 Å². The van der Waals surface area contributed by atoms with E-state index in [1.807, 2.05) is 0 Å². The summed E-state index contributed by atoms with van der Waals surface area (Å²) in [7, 11) is 0. The van der Waals surface area contributed by atoms with Gasteiger partial charge in [-0.1, -0.05) is 46.8 Å². The van der Waals surface area contributed by atoms with E-state index in [1.165, 1.54) is 43.6 Å². The molecule has 1 heteroatoms. The monoisotopic (exact) mass is 287 g/mol. The molecule has 1 aromatic rings. The average Bonchev–Trinajstić information content (AvgIpc) is 2.47. The average molecular weight is 287 g/mol. The van der Waals surface area contributed by atoms with Crippen LogP contribution >= 0.6 is 0 Å². The van der Waals surface area contributed by atoms with Gasteiger partial charge in [0.2, 0.25) is 0 Å². The summed E-state index contributed by atoms with van der Waals surface area (Å²) in [6.45, 7) is 14.1. The van der Waals surface area contributed by atoms with E-state index < -0.39 is 0 Å². The minimum Gasteiger partial charge on any atom is -0.372 e. The lowest BCUT2D eigenvalue weighted by Gasteiger charge is -2.34. The summed E-state index contributed by atoms with van der Waals surface area (Å²) in [6.07, 6.45) is 4.13. The predicted molar refractivity (Wildman–Crippen MR) is 94.1 cm³/mol. The SMILES string of the molecule is CC(C)CC1CCN(c2ccc(C(C)C(C)C)cc2)CC1. The van der Waals surface area contributed by atoms with E-state index in [1.54, 1.807) is 0 Å². The van der Waals surface area contributed by atoms with E-state index in [2.05, 4.69) is 63.8 Å². The Morgan fingerprint density at radius 1 is 0.952 bits per heavy atom. The molecule has 0 saturated carbocycles. The van der Waals surface area contributed by atoms with Crippen LogP contribution in [0.3, 0.4) is 0 Å². The topological polar surface area (TPSA) is 3.24 Å². The van der Waals surface area contributed by atoms with Crippen molar-refractivity contribution in [3.63, 3.8) is 0 Å². The summed E-state index contributed by atoms with van der Waals surface area (Å²) in [5.41, 5.74) is 2.89. The Labute approximate surface area is 131 Å². The summed E-state index contributed by atoms with van der Waals surface area (Å²) in [4.78, 5) is 2.57. The minimum atomic E-state index is 0.649. The largest absolute Gasteiger partial charge is 0.372 e. The molecular formula is C20H33N. The molecular weight excluding hydrogens is 254 g/mol. The minimum absolute atomic E-state index is 0.649. The molecule has 1 aliphatic heterocycles. The second-order valence-corrected chi connectivity index (χ2v) is 7.68. The highest BCUT2D eigenvalue weighted by molar-refractivity contribution is 5.48. The van der Waals surface area contributed by atoms with E-state index in [0.29, 0.717) is 11.8 Å². The molecule has 0 radical (unpaired) electrons. The first-order valence-corrected chi connectivity index (χ1v) is 8.82. The van der Waals surface area contributed by atoms with Gasteiger partial charge in [0, 0.05) is 18.8 Å². The molecule has 0 N–H and O–H groups in total. The summed E-state index contributed by atoms with van der Waals surface area (Å²) >= 11 is 0. The lowest BCUT2D eigenvalue weighted by atomic mass is 9.88.